The molecule has 2 aliphatic carbocycles. The lowest BCUT2D eigenvalue weighted by Crippen LogP contribution is -2.24. The van der Waals surface area contributed by atoms with E-state index in [1.54, 1.807) is 0 Å². The topological polar surface area (TPSA) is 33.2 Å². The van der Waals surface area contributed by atoms with Gasteiger partial charge in [0, 0.05) is 24.4 Å². The Kier molecular flexibility index (Phi) is 6.59. The van der Waals surface area contributed by atoms with Crippen LogP contribution in [-0.2, 0) is 6.42 Å². The van der Waals surface area contributed by atoms with E-state index in [9.17, 15) is 4.79 Å². The van der Waals surface area contributed by atoms with E-state index in [1.807, 2.05) is 41.7 Å². The molecule has 5 rings (SSSR count). The van der Waals surface area contributed by atoms with Crippen LogP contribution in [0.3, 0.4) is 0 Å². The van der Waals surface area contributed by atoms with Crippen LogP contribution in [-0.4, -0.2) is 23.4 Å². The van der Waals surface area contributed by atoms with Crippen molar-refractivity contribution in [2.24, 2.45) is 11.8 Å². The highest BCUT2D eigenvalue weighted by molar-refractivity contribution is 7.14. The molecule has 0 bridgehead atoms. The van der Waals surface area contributed by atoms with E-state index in [0.29, 0.717) is 24.0 Å². The molecule has 3 nitrogen and oxygen atoms in total. The molecule has 0 amide bonds. The Morgan fingerprint density at radius 2 is 1.91 bits per heavy atom. The Morgan fingerprint density at radius 1 is 1.09 bits per heavy atom. The number of nitrogens with zero attached hydrogens (tertiary/aromatic N) is 2. The van der Waals surface area contributed by atoms with Crippen molar-refractivity contribution in [1.29, 1.82) is 0 Å². The van der Waals surface area contributed by atoms with Crippen LogP contribution in [0.2, 0.25) is 0 Å². The molecular formula is C28H34N2OS. The number of Topliss-reactive ketones (excluding diaryl/α,β-unsaturated/α-hetero) is 1. The van der Waals surface area contributed by atoms with Gasteiger partial charge in [-0.25, -0.2) is 4.98 Å². The normalized spacial score (nSPS) is 18.0. The quantitative estimate of drug-likeness (QED) is 0.323. The molecule has 1 unspecified atom stereocenters. The maximum absolute atomic E-state index is 13.3. The zero-order valence-corrected chi connectivity index (χ0v) is 19.9. The molecule has 3 aromatic rings. The summed E-state index contributed by atoms with van der Waals surface area (Å²) in [5.74, 6) is 1.27. The number of para-hydroxylation sites is 1. The lowest BCUT2D eigenvalue weighted by Gasteiger charge is -2.30. The maximum atomic E-state index is 13.3. The fourth-order valence-corrected chi connectivity index (χ4v) is 6.55. The van der Waals surface area contributed by atoms with Crippen molar-refractivity contribution in [3.8, 4) is 0 Å². The lowest BCUT2D eigenvalue weighted by molar-refractivity contribution is 0.0926. The first-order valence-electron chi connectivity index (χ1n) is 12.4. The summed E-state index contributed by atoms with van der Waals surface area (Å²) in [6.07, 6.45) is 10.8. The van der Waals surface area contributed by atoms with Crippen LogP contribution in [0.5, 0.6) is 0 Å². The van der Waals surface area contributed by atoms with E-state index in [4.69, 9.17) is 4.98 Å². The summed E-state index contributed by atoms with van der Waals surface area (Å²) in [5, 5.41) is 4.85. The number of fused-ring (bicyclic) bond motifs is 1. The number of pyridine rings is 1. The highest BCUT2D eigenvalue weighted by atomic mass is 32.1. The SMILES string of the molecule is CCN(c1cc(CC(CC(=O)c2ccc3ccccc3n2)C2CCCCC2)cs1)C1CC1. The fraction of sp³-hybridized carbons (Fsp3) is 0.500. The number of ketones is 1. The zero-order chi connectivity index (χ0) is 21.9. The number of aromatic nitrogens is 1. The highest BCUT2D eigenvalue weighted by Gasteiger charge is 2.30. The van der Waals surface area contributed by atoms with Gasteiger partial charge in [-0.1, -0.05) is 56.4 Å². The van der Waals surface area contributed by atoms with Crippen LogP contribution in [0.1, 0.15) is 74.3 Å². The fourth-order valence-electron chi connectivity index (χ4n) is 5.48. The minimum Gasteiger partial charge on any atom is -0.361 e. The second kappa shape index (κ2) is 9.74. The van der Waals surface area contributed by atoms with E-state index < -0.39 is 0 Å². The molecular weight excluding hydrogens is 412 g/mol. The van der Waals surface area contributed by atoms with Gasteiger partial charge in [-0.15, -0.1) is 11.3 Å². The molecule has 2 fully saturated rings. The molecule has 168 valence electrons. The predicted octanol–water partition coefficient (Wildman–Crippen LogP) is 7.30. The summed E-state index contributed by atoms with van der Waals surface area (Å²) >= 11 is 1.88. The third-order valence-corrected chi connectivity index (χ3v) is 8.41. The number of hydrogen-bond acceptors (Lipinski definition) is 4. The van der Waals surface area contributed by atoms with Crippen LogP contribution >= 0.6 is 11.3 Å². The Labute approximate surface area is 195 Å². The number of carbonyl (C=O) groups excluding carboxylic acids is 1. The monoisotopic (exact) mass is 446 g/mol. The van der Waals surface area contributed by atoms with Gasteiger partial charge in [0.15, 0.2) is 5.78 Å². The average molecular weight is 447 g/mol. The molecule has 2 saturated carbocycles. The number of rotatable bonds is 9. The van der Waals surface area contributed by atoms with E-state index in [1.165, 1.54) is 55.5 Å². The van der Waals surface area contributed by atoms with Crippen molar-refractivity contribution in [3.05, 3.63) is 59.1 Å². The van der Waals surface area contributed by atoms with Crippen LogP contribution in [0.4, 0.5) is 5.00 Å². The van der Waals surface area contributed by atoms with Crippen LogP contribution < -0.4 is 4.90 Å². The Balaban J connectivity index is 1.33. The smallest absolute Gasteiger partial charge is 0.181 e. The molecule has 2 aromatic heterocycles. The minimum absolute atomic E-state index is 0.204. The Hall–Kier alpha value is -2.20. The molecule has 0 radical (unpaired) electrons. The molecule has 2 heterocycles. The third-order valence-electron chi connectivity index (χ3n) is 7.40. The van der Waals surface area contributed by atoms with Gasteiger partial charge in [-0.2, -0.15) is 0 Å². The molecule has 2 aliphatic rings. The van der Waals surface area contributed by atoms with Gasteiger partial charge in [0.2, 0.25) is 0 Å². The first-order chi connectivity index (χ1) is 15.7. The van der Waals surface area contributed by atoms with Crippen molar-refractivity contribution in [1.82, 2.24) is 4.98 Å². The molecule has 0 aliphatic heterocycles. The van der Waals surface area contributed by atoms with Gasteiger partial charge >= 0.3 is 0 Å². The van der Waals surface area contributed by atoms with E-state index in [2.05, 4.69) is 29.3 Å². The minimum atomic E-state index is 0.204. The maximum Gasteiger partial charge on any atom is 0.181 e. The second-order valence-electron chi connectivity index (χ2n) is 9.69. The molecule has 1 atom stereocenters. The molecule has 0 N–H and O–H groups in total. The summed E-state index contributed by atoms with van der Waals surface area (Å²) in [5.41, 5.74) is 2.95. The summed E-state index contributed by atoms with van der Waals surface area (Å²) < 4.78 is 0. The first kappa shape index (κ1) is 21.6. The van der Waals surface area contributed by atoms with Crippen molar-refractivity contribution in [2.75, 3.05) is 11.4 Å². The number of anilines is 1. The largest absolute Gasteiger partial charge is 0.361 e. The third kappa shape index (κ3) is 4.91. The average Bonchev–Trinajstić information content (AvgIpc) is 3.57. The van der Waals surface area contributed by atoms with Gasteiger partial charge < -0.3 is 4.90 Å². The standard InChI is InChI=1S/C28H34N2OS/c1-2-30(24-13-14-24)28-17-20(19-32-28)16-23(21-8-4-3-5-9-21)18-27(31)26-15-12-22-10-6-7-11-25(22)29-26/h6-7,10-12,15,17,19,21,23-24H,2-5,8-9,13-14,16,18H2,1H3. The van der Waals surface area contributed by atoms with Crippen LogP contribution in [0.15, 0.2) is 47.8 Å². The van der Waals surface area contributed by atoms with Crippen molar-refractivity contribution >= 4 is 33.0 Å². The molecule has 1 aromatic carbocycles. The number of benzene rings is 1. The van der Waals surface area contributed by atoms with Crippen molar-refractivity contribution in [2.45, 2.75) is 70.8 Å². The van der Waals surface area contributed by atoms with E-state index in [0.717, 1.165) is 29.9 Å². The zero-order valence-electron chi connectivity index (χ0n) is 19.1. The predicted molar refractivity (Wildman–Crippen MR) is 135 cm³/mol. The van der Waals surface area contributed by atoms with Gasteiger partial charge in [-0.05, 0) is 67.2 Å². The summed E-state index contributed by atoms with van der Waals surface area (Å²) in [6, 6.07) is 15.2. The molecule has 4 heteroatoms. The van der Waals surface area contributed by atoms with Gasteiger partial charge in [0.1, 0.15) is 5.69 Å². The van der Waals surface area contributed by atoms with E-state index in [-0.39, 0.29) is 5.78 Å². The number of hydrogen-bond donors (Lipinski definition) is 0. The molecule has 32 heavy (non-hydrogen) atoms. The molecule has 0 saturated heterocycles. The Morgan fingerprint density at radius 3 is 2.69 bits per heavy atom. The summed E-state index contributed by atoms with van der Waals surface area (Å²) in [6.45, 7) is 3.35. The van der Waals surface area contributed by atoms with Crippen LogP contribution in [0.25, 0.3) is 10.9 Å². The number of thiophene rings is 1. The summed E-state index contributed by atoms with van der Waals surface area (Å²) in [7, 11) is 0. The lowest BCUT2D eigenvalue weighted by atomic mass is 9.75. The Bertz CT molecular complexity index is 1060. The van der Waals surface area contributed by atoms with Gasteiger partial charge in [-0.3, -0.25) is 4.79 Å². The van der Waals surface area contributed by atoms with Crippen molar-refractivity contribution < 1.29 is 4.79 Å². The van der Waals surface area contributed by atoms with E-state index >= 15 is 0 Å². The van der Waals surface area contributed by atoms with Crippen LogP contribution in [0, 0.1) is 11.8 Å². The van der Waals surface area contributed by atoms with Gasteiger partial charge in [0.25, 0.3) is 0 Å². The highest BCUT2D eigenvalue weighted by Crippen LogP contribution is 2.38. The molecule has 0 spiro atoms. The second-order valence-corrected chi connectivity index (χ2v) is 10.6. The van der Waals surface area contributed by atoms with Gasteiger partial charge in [0.05, 0.1) is 10.5 Å². The summed E-state index contributed by atoms with van der Waals surface area (Å²) in [4.78, 5) is 20.6. The number of carbonyl (C=O) groups is 1. The first-order valence-corrected chi connectivity index (χ1v) is 13.3. The van der Waals surface area contributed by atoms with Crippen molar-refractivity contribution in [3.63, 3.8) is 0 Å².